The summed E-state index contributed by atoms with van der Waals surface area (Å²) >= 11 is 0. The summed E-state index contributed by atoms with van der Waals surface area (Å²) in [5, 5.41) is 14.1. The maximum atomic E-state index is 12.7. The highest BCUT2D eigenvalue weighted by Crippen LogP contribution is 2.29. The third-order valence-electron chi connectivity index (χ3n) is 4.42. The van der Waals surface area contributed by atoms with E-state index in [1.807, 2.05) is 0 Å². The zero-order valence-electron chi connectivity index (χ0n) is 14.4. The van der Waals surface area contributed by atoms with Crippen molar-refractivity contribution in [2.45, 2.75) is 6.54 Å². The lowest BCUT2D eigenvalue weighted by Gasteiger charge is -2.18. The molecule has 1 aliphatic heterocycles. The molecular formula is C19H13N3O6. The summed E-state index contributed by atoms with van der Waals surface area (Å²) < 4.78 is 6.52. The first-order valence-electron chi connectivity index (χ1n) is 8.30. The molecule has 2 aromatic carbocycles. The molecule has 0 bridgehead atoms. The fraction of sp³-hybridized carbons (Fsp3) is 0.105. The van der Waals surface area contributed by atoms with Crippen LogP contribution in [0, 0.1) is 10.1 Å². The zero-order chi connectivity index (χ0) is 19.8. The number of carbonyl (C=O) groups excluding carboxylic acids is 2. The van der Waals surface area contributed by atoms with Gasteiger partial charge in [-0.3, -0.25) is 24.5 Å². The summed E-state index contributed by atoms with van der Waals surface area (Å²) in [4.78, 5) is 46.9. The van der Waals surface area contributed by atoms with Crippen LogP contribution < -0.4 is 15.6 Å². The van der Waals surface area contributed by atoms with Crippen molar-refractivity contribution in [2.75, 3.05) is 11.9 Å². The number of anilines is 1. The number of nitro groups is 1. The highest BCUT2D eigenvalue weighted by Gasteiger charge is 2.19. The first-order chi connectivity index (χ1) is 13.4. The molecule has 0 aliphatic carbocycles. The van der Waals surface area contributed by atoms with Gasteiger partial charge in [0.1, 0.15) is 5.75 Å². The molecule has 1 aliphatic rings. The lowest BCUT2D eigenvalue weighted by molar-refractivity contribution is -0.384. The summed E-state index contributed by atoms with van der Waals surface area (Å²) in [6.45, 7) is -0.334. The standard InChI is InChI=1S/C19H13N3O6/c23-16(12-1-5-17-14(8-12)20-18(24)10-28-17)9-21-15-4-3-13(22(26)27)7-11(15)2-6-19(21)25/h1-8H,9-10H2,(H,20,24). The number of rotatable bonds is 4. The molecule has 0 saturated carbocycles. The molecule has 9 nitrogen and oxygen atoms in total. The van der Waals surface area contributed by atoms with Crippen molar-refractivity contribution in [1.29, 1.82) is 0 Å². The Labute approximate surface area is 157 Å². The highest BCUT2D eigenvalue weighted by molar-refractivity contribution is 6.01. The van der Waals surface area contributed by atoms with Crippen LogP contribution in [0.4, 0.5) is 11.4 Å². The smallest absolute Gasteiger partial charge is 0.270 e. The Kier molecular flexibility index (Phi) is 4.11. The van der Waals surface area contributed by atoms with Crippen molar-refractivity contribution in [1.82, 2.24) is 4.57 Å². The minimum absolute atomic E-state index is 0.0855. The van der Waals surface area contributed by atoms with E-state index in [1.165, 1.54) is 41.0 Å². The van der Waals surface area contributed by atoms with Crippen LogP contribution in [0.15, 0.2) is 53.3 Å². The monoisotopic (exact) mass is 379 g/mol. The average Bonchev–Trinajstić information content (AvgIpc) is 2.69. The van der Waals surface area contributed by atoms with Crippen LogP contribution in [0.25, 0.3) is 10.9 Å². The molecule has 1 N–H and O–H groups in total. The number of ketones is 1. The van der Waals surface area contributed by atoms with Crippen molar-refractivity contribution >= 4 is 34.0 Å². The van der Waals surface area contributed by atoms with Crippen LogP contribution in [0.2, 0.25) is 0 Å². The summed E-state index contributed by atoms with van der Waals surface area (Å²) in [7, 11) is 0. The summed E-state index contributed by atoms with van der Waals surface area (Å²) in [6.07, 6.45) is 0. The van der Waals surface area contributed by atoms with Gasteiger partial charge < -0.3 is 14.6 Å². The Morgan fingerprint density at radius 1 is 1.14 bits per heavy atom. The number of aromatic nitrogens is 1. The van der Waals surface area contributed by atoms with Crippen molar-refractivity contribution in [2.24, 2.45) is 0 Å². The molecule has 4 rings (SSSR count). The number of ether oxygens (including phenoxy) is 1. The molecule has 0 spiro atoms. The molecule has 0 radical (unpaired) electrons. The molecule has 2 heterocycles. The van der Waals surface area contributed by atoms with Crippen molar-refractivity contribution < 1.29 is 19.2 Å². The summed E-state index contributed by atoms with van der Waals surface area (Å²) in [6, 6.07) is 11.5. The van der Waals surface area contributed by atoms with Crippen LogP contribution in [-0.2, 0) is 11.3 Å². The number of benzene rings is 2. The molecule has 28 heavy (non-hydrogen) atoms. The molecule has 0 saturated heterocycles. The van der Waals surface area contributed by atoms with Gasteiger partial charge >= 0.3 is 0 Å². The van der Waals surface area contributed by atoms with E-state index in [-0.39, 0.29) is 30.5 Å². The maximum absolute atomic E-state index is 12.7. The van der Waals surface area contributed by atoms with Crippen LogP contribution >= 0.6 is 0 Å². The third kappa shape index (κ3) is 3.09. The van der Waals surface area contributed by atoms with E-state index < -0.39 is 10.5 Å². The normalized spacial score (nSPS) is 12.8. The highest BCUT2D eigenvalue weighted by atomic mass is 16.6. The van der Waals surface area contributed by atoms with Crippen LogP contribution in [-0.4, -0.2) is 27.8 Å². The molecule has 0 atom stereocenters. The minimum Gasteiger partial charge on any atom is -0.482 e. The van der Waals surface area contributed by atoms with E-state index in [9.17, 15) is 24.5 Å². The third-order valence-corrected chi connectivity index (χ3v) is 4.42. The van der Waals surface area contributed by atoms with Crippen molar-refractivity contribution in [3.63, 3.8) is 0 Å². The second-order valence-corrected chi connectivity index (χ2v) is 6.23. The van der Waals surface area contributed by atoms with Gasteiger partial charge in [0.05, 0.1) is 22.7 Å². The van der Waals surface area contributed by atoms with Gasteiger partial charge in [-0.2, -0.15) is 0 Å². The molecule has 3 aromatic rings. The largest absolute Gasteiger partial charge is 0.482 e. The number of nitrogens with one attached hydrogen (secondary N) is 1. The van der Waals surface area contributed by atoms with Gasteiger partial charge in [-0.1, -0.05) is 0 Å². The Hall–Kier alpha value is -4.01. The van der Waals surface area contributed by atoms with Crippen LogP contribution in [0.1, 0.15) is 10.4 Å². The fourth-order valence-corrected chi connectivity index (χ4v) is 3.06. The fourth-order valence-electron chi connectivity index (χ4n) is 3.06. The van der Waals surface area contributed by atoms with Gasteiger partial charge in [-0.05, 0) is 30.3 Å². The number of fused-ring (bicyclic) bond motifs is 2. The second kappa shape index (κ2) is 6.62. The lowest BCUT2D eigenvalue weighted by atomic mass is 10.1. The quantitative estimate of drug-likeness (QED) is 0.421. The van der Waals surface area contributed by atoms with E-state index in [1.54, 1.807) is 12.1 Å². The van der Waals surface area contributed by atoms with Crippen LogP contribution in [0.5, 0.6) is 5.75 Å². The van der Waals surface area contributed by atoms with E-state index >= 15 is 0 Å². The molecule has 1 aromatic heterocycles. The van der Waals surface area contributed by atoms with E-state index in [2.05, 4.69) is 5.32 Å². The first kappa shape index (κ1) is 17.4. The van der Waals surface area contributed by atoms with E-state index in [4.69, 9.17) is 4.74 Å². The minimum atomic E-state index is -0.524. The number of amides is 1. The molecule has 1 amide bonds. The Morgan fingerprint density at radius 3 is 2.75 bits per heavy atom. The van der Waals surface area contributed by atoms with E-state index in [0.29, 0.717) is 27.9 Å². The SMILES string of the molecule is O=C1COc2ccc(C(=O)Cn3c(=O)ccc4cc([N+](=O)[O-])ccc43)cc2N1. The number of non-ortho nitro benzene ring substituents is 1. The number of hydrogen-bond acceptors (Lipinski definition) is 6. The molecule has 0 unspecified atom stereocenters. The summed E-state index contributed by atoms with van der Waals surface area (Å²) in [5.74, 6) is -0.203. The number of nitro benzene ring substituents is 1. The molecule has 140 valence electrons. The number of pyridine rings is 1. The topological polar surface area (TPSA) is 121 Å². The van der Waals surface area contributed by atoms with Gasteiger partial charge in [-0.15, -0.1) is 0 Å². The number of carbonyl (C=O) groups is 2. The Bertz CT molecular complexity index is 1210. The lowest BCUT2D eigenvalue weighted by Crippen LogP contribution is -2.26. The summed E-state index contributed by atoms with van der Waals surface area (Å²) in [5.41, 5.74) is 0.609. The number of nitrogens with zero attached hydrogens (tertiary/aromatic N) is 2. The molecular weight excluding hydrogens is 366 g/mol. The number of Topliss-reactive ketones (excluding diaryl/α,β-unsaturated/α-hetero) is 1. The van der Waals surface area contributed by atoms with Gasteiger partial charge in [0.15, 0.2) is 12.4 Å². The Balaban J connectivity index is 1.70. The van der Waals surface area contributed by atoms with Gasteiger partial charge in [-0.25, -0.2) is 0 Å². The maximum Gasteiger partial charge on any atom is 0.270 e. The van der Waals surface area contributed by atoms with Gasteiger partial charge in [0.2, 0.25) is 0 Å². The zero-order valence-corrected chi connectivity index (χ0v) is 14.4. The first-order valence-corrected chi connectivity index (χ1v) is 8.30. The van der Waals surface area contributed by atoms with Crippen molar-refractivity contribution in [3.05, 3.63) is 74.6 Å². The predicted octanol–water partition coefficient (Wildman–Crippen LogP) is 2.12. The van der Waals surface area contributed by atoms with Crippen molar-refractivity contribution in [3.8, 4) is 5.75 Å². The van der Waals surface area contributed by atoms with Crippen LogP contribution in [0.3, 0.4) is 0 Å². The molecule has 9 heteroatoms. The van der Waals surface area contributed by atoms with Gasteiger partial charge in [0.25, 0.3) is 17.2 Å². The Morgan fingerprint density at radius 2 is 1.96 bits per heavy atom. The second-order valence-electron chi connectivity index (χ2n) is 6.23. The van der Waals surface area contributed by atoms with Gasteiger partial charge in [0, 0.05) is 29.1 Å². The molecule has 0 fully saturated rings. The van der Waals surface area contributed by atoms with E-state index in [0.717, 1.165) is 0 Å². The number of hydrogen-bond donors (Lipinski definition) is 1. The predicted molar refractivity (Wildman–Crippen MR) is 99.8 cm³/mol. The average molecular weight is 379 g/mol.